The molecule has 0 aromatic heterocycles. The molecular weight excluding hydrogens is 565 g/mol. The van der Waals surface area contributed by atoms with Crippen molar-refractivity contribution >= 4 is 67.1 Å². The van der Waals surface area contributed by atoms with E-state index < -0.39 is 26.7 Å². The number of hydrogen-bond donors (Lipinski definition) is 3. The third kappa shape index (κ3) is 5.99. The number of aromatic hydroxyl groups is 1. The molecule has 0 aliphatic carbocycles. The molecule has 0 bridgehead atoms. The van der Waals surface area contributed by atoms with E-state index in [0.29, 0.717) is 45.8 Å². The number of phenols is 1. The third-order valence-corrected chi connectivity index (χ3v) is 7.50. The number of aryl methyl sites for hydroxylation is 1. The van der Waals surface area contributed by atoms with Crippen molar-refractivity contribution in [3.63, 3.8) is 0 Å². The van der Waals surface area contributed by atoms with Crippen molar-refractivity contribution < 1.29 is 27.6 Å². The molecular formula is C27H23Cl2N3O6S. The molecule has 0 atom stereocenters. The first kappa shape index (κ1) is 28.3. The van der Waals surface area contributed by atoms with Crippen LogP contribution in [-0.4, -0.2) is 30.6 Å². The summed E-state index contributed by atoms with van der Waals surface area (Å²) in [7, 11) is -4.64. The predicted molar refractivity (Wildman–Crippen MR) is 151 cm³/mol. The molecule has 0 fully saturated rings. The van der Waals surface area contributed by atoms with Crippen LogP contribution in [0.2, 0.25) is 10.0 Å². The van der Waals surface area contributed by atoms with E-state index in [0.717, 1.165) is 0 Å². The van der Waals surface area contributed by atoms with Gasteiger partial charge in [-0.2, -0.15) is 8.42 Å². The maximum Gasteiger partial charge on any atom is 0.296 e. The number of halogens is 2. The van der Waals surface area contributed by atoms with Crippen LogP contribution in [0.1, 0.15) is 29.8 Å². The van der Waals surface area contributed by atoms with Gasteiger partial charge in [0.05, 0.1) is 22.9 Å². The number of amides is 1. The lowest BCUT2D eigenvalue weighted by Crippen LogP contribution is -2.13. The molecule has 39 heavy (non-hydrogen) atoms. The molecule has 4 rings (SSSR count). The minimum Gasteiger partial charge on any atom is -0.505 e. The Balaban J connectivity index is 1.81. The Morgan fingerprint density at radius 1 is 1.03 bits per heavy atom. The Morgan fingerprint density at radius 2 is 1.77 bits per heavy atom. The van der Waals surface area contributed by atoms with Gasteiger partial charge in [0.25, 0.3) is 16.0 Å². The highest BCUT2D eigenvalue weighted by molar-refractivity contribution is 7.86. The van der Waals surface area contributed by atoms with Crippen molar-refractivity contribution in [3.8, 4) is 11.5 Å². The number of rotatable bonds is 8. The van der Waals surface area contributed by atoms with Crippen molar-refractivity contribution in [2.24, 2.45) is 10.2 Å². The molecule has 0 radical (unpaired) electrons. The number of azo groups is 1. The molecule has 0 saturated heterocycles. The summed E-state index contributed by atoms with van der Waals surface area (Å²) in [5, 5.41) is 23.2. The van der Waals surface area contributed by atoms with Gasteiger partial charge in [-0.25, -0.2) is 0 Å². The monoisotopic (exact) mass is 587 g/mol. The molecule has 202 valence electrons. The second kappa shape index (κ2) is 11.6. The summed E-state index contributed by atoms with van der Waals surface area (Å²) in [6.45, 7) is 3.85. The van der Waals surface area contributed by atoms with Crippen molar-refractivity contribution in [3.05, 3.63) is 81.8 Å². The summed E-state index contributed by atoms with van der Waals surface area (Å²) in [5.74, 6) is -0.742. The van der Waals surface area contributed by atoms with E-state index in [1.165, 1.54) is 18.2 Å². The first-order chi connectivity index (χ1) is 18.5. The molecule has 4 aromatic rings. The molecule has 1 amide bonds. The summed E-state index contributed by atoms with van der Waals surface area (Å²) < 4.78 is 39.1. The van der Waals surface area contributed by atoms with Crippen LogP contribution < -0.4 is 10.1 Å². The minimum absolute atomic E-state index is 0.0385. The van der Waals surface area contributed by atoms with Gasteiger partial charge in [0.15, 0.2) is 5.75 Å². The van der Waals surface area contributed by atoms with Gasteiger partial charge < -0.3 is 15.2 Å². The lowest BCUT2D eigenvalue weighted by atomic mass is 10.0. The van der Waals surface area contributed by atoms with Crippen LogP contribution in [0.15, 0.2) is 75.8 Å². The first-order valence-corrected chi connectivity index (χ1v) is 13.9. The standard InChI is InChI=1S/C27H23Cl2N3O6S/c1-3-15-9-11-21(23(29)26(15)39(35,36)37)31-32-24-18-8-6-5-7-16(18)13-19(25(24)33)27(34)30-20-12-10-17(28)14-22(20)38-4-2/h5-14,33H,3-4H2,1-2H3,(H,30,34)(H,35,36,37). The van der Waals surface area contributed by atoms with Crippen molar-refractivity contribution in [1.29, 1.82) is 0 Å². The first-order valence-electron chi connectivity index (χ1n) is 11.7. The Bertz CT molecular complexity index is 1720. The van der Waals surface area contributed by atoms with Crippen LogP contribution >= 0.6 is 23.2 Å². The lowest BCUT2D eigenvalue weighted by molar-refractivity contribution is 0.102. The molecule has 9 nitrogen and oxygen atoms in total. The fourth-order valence-electron chi connectivity index (χ4n) is 3.98. The average molecular weight is 588 g/mol. The van der Waals surface area contributed by atoms with E-state index in [4.69, 9.17) is 27.9 Å². The molecule has 3 N–H and O–H groups in total. The fourth-order valence-corrected chi connectivity index (χ4v) is 5.53. The van der Waals surface area contributed by atoms with Gasteiger partial charge in [-0.1, -0.05) is 60.5 Å². The van der Waals surface area contributed by atoms with E-state index >= 15 is 0 Å². The van der Waals surface area contributed by atoms with E-state index in [1.54, 1.807) is 56.3 Å². The number of nitrogens with one attached hydrogen (secondary N) is 1. The molecule has 0 aliphatic rings. The number of ether oxygens (including phenoxy) is 1. The maximum atomic E-state index is 13.3. The van der Waals surface area contributed by atoms with Crippen molar-refractivity contribution in [1.82, 2.24) is 0 Å². The summed E-state index contributed by atoms with van der Waals surface area (Å²) in [5.41, 5.74) is 0.474. The number of carbonyl (C=O) groups excluding carboxylic acids is 1. The number of hydrogen-bond acceptors (Lipinski definition) is 7. The molecule has 0 heterocycles. The van der Waals surface area contributed by atoms with E-state index in [9.17, 15) is 22.9 Å². The zero-order valence-electron chi connectivity index (χ0n) is 20.8. The van der Waals surface area contributed by atoms with Crippen LogP contribution in [0.4, 0.5) is 17.1 Å². The number of phenolic OH excluding ortho intramolecular Hbond substituents is 1. The Kier molecular flexibility index (Phi) is 8.41. The van der Waals surface area contributed by atoms with Gasteiger partial charge in [0.2, 0.25) is 0 Å². The molecule has 0 spiro atoms. The smallest absolute Gasteiger partial charge is 0.296 e. The SMILES string of the molecule is CCOc1cc(Cl)ccc1NC(=O)c1cc2ccccc2c(N=Nc2ccc(CC)c(S(=O)(=O)O)c2Cl)c1O. The molecule has 12 heteroatoms. The van der Waals surface area contributed by atoms with E-state index in [1.807, 2.05) is 0 Å². The van der Waals surface area contributed by atoms with Gasteiger partial charge in [-0.05, 0) is 48.6 Å². The van der Waals surface area contributed by atoms with Crippen LogP contribution in [0.25, 0.3) is 10.8 Å². The fraction of sp³-hybridized carbons (Fsp3) is 0.148. The van der Waals surface area contributed by atoms with Crippen molar-refractivity contribution in [2.45, 2.75) is 25.2 Å². The quantitative estimate of drug-likeness (QED) is 0.142. The number of carbonyl (C=O) groups is 1. The summed E-state index contributed by atoms with van der Waals surface area (Å²) >= 11 is 12.3. The van der Waals surface area contributed by atoms with Crippen LogP contribution in [0, 0.1) is 0 Å². The van der Waals surface area contributed by atoms with Gasteiger partial charge in [-0.3, -0.25) is 9.35 Å². The lowest BCUT2D eigenvalue weighted by Gasteiger charge is -2.14. The van der Waals surface area contributed by atoms with Gasteiger partial charge in [-0.15, -0.1) is 10.2 Å². The van der Waals surface area contributed by atoms with Gasteiger partial charge in [0.1, 0.15) is 22.0 Å². The van der Waals surface area contributed by atoms with E-state index in [-0.39, 0.29) is 22.0 Å². The van der Waals surface area contributed by atoms with Gasteiger partial charge in [0, 0.05) is 16.5 Å². The molecule has 0 aliphatic heterocycles. The third-order valence-electron chi connectivity index (χ3n) is 5.79. The predicted octanol–water partition coefficient (Wildman–Crippen LogP) is 7.73. The highest BCUT2D eigenvalue weighted by atomic mass is 35.5. The second-order valence-electron chi connectivity index (χ2n) is 8.29. The number of nitrogens with zero attached hydrogens (tertiary/aromatic N) is 2. The minimum atomic E-state index is -4.64. The Labute approximate surface area is 234 Å². The number of benzene rings is 4. The zero-order valence-corrected chi connectivity index (χ0v) is 23.1. The summed E-state index contributed by atoms with van der Waals surface area (Å²) in [6.07, 6.45) is 0.299. The summed E-state index contributed by atoms with van der Waals surface area (Å²) in [6, 6.07) is 16.1. The van der Waals surface area contributed by atoms with E-state index in [2.05, 4.69) is 15.5 Å². The Morgan fingerprint density at radius 3 is 2.46 bits per heavy atom. The normalized spacial score (nSPS) is 11.7. The van der Waals surface area contributed by atoms with Crippen molar-refractivity contribution in [2.75, 3.05) is 11.9 Å². The van der Waals surface area contributed by atoms with Crippen LogP contribution in [-0.2, 0) is 16.5 Å². The molecule has 4 aromatic carbocycles. The highest BCUT2D eigenvalue weighted by Crippen LogP contribution is 2.41. The maximum absolute atomic E-state index is 13.3. The summed E-state index contributed by atoms with van der Waals surface area (Å²) in [4.78, 5) is 12.8. The highest BCUT2D eigenvalue weighted by Gasteiger charge is 2.23. The molecule has 0 unspecified atom stereocenters. The zero-order chi connectivity index (χ0) is 28.3. The Hall–Kier alpha value is -3.70. The van der Waals surface area contributed by atoms with Gasteiger partial charge >= 0.3 is 0 Å². The van der Waals surface area contributed by atoms with Crippen LogP contribution in [0.5, 0.6) is 11.5 Å². The number of anilines is 1. The van der Waals surface area contributed by atoms with Crippen LogP contribution in [0.3, 0.4) is 0 Å². The topological polar surface area (TPSA) is 138 Å². The average Bonchev–Trinajstić information content (AvgIpc) is 2.89. The largest absolute Gasteiger partial charge is 0.505 e. The second-order valence-corrected chi connectivity index (χ2v) is 10.5. The number of fused-ring (bicyclic) bond motifs is 1. The molecule has 0 saturated carbocycles.